The number of hydrogen-bond acceptors (Lipinski definition) is 6. The van der Waals surface area contributed by atoms with Crippen molar-refractivity contribution in [3.63, 3.8) is 0 Å². The number of aromatic nitrogens is 2. The molecule has 3 aliphatic rings. The van der Waals surface area contributed by atoms with Gasteiger partial charge in [0.1, 0.15) is 24.5 Å². The summed E-state index contributed by atoms with van der Waals surface area (Å²) in [5.41, 5.74) is 1.37. The zero-order valence-corrected chi connectivity index (χ0v) is 28.5. The van der Waals surface area contributed by atoms with Crippen LogP contribution in [0.2, 0.25) is 25.7 Å². The first-order valence-corrected chi connectivity index (χ1v) is 19.9. The van der Waals surface area contributed by atoms with Gasteiger partial charge in [0.25, 0.3) is 5.91 Å². The molecule has 0 aromatic carbocycles. The maximum Gasteiger partial charge on any atom is 0.410 e. The second-order valence-electron chi connectivity index (χ2n) is 15.2. The quantitative estimate of drug-likeness (QED) is 0.202. The Bertz CT molecular complexity index is 1370. The molecule has 0 unspecified atom stereocenters. The Hall–Kier alpha value is -2.80. The molecule has 2 fully saturated rings. The van der Waals surface area contributed by atoms with Crippen molar-refractivity contribution in [2.24, 2.45) is 5.92 Å². The van der Waals surface area contributed by atoms with Gasteiger partial charge in [-0.25, -0.2) is 9.78 Å². The van der Waals surface area contributed by atoms with Gasteiger partial charge in [-0.2, -0.15) is 13.2 Å². The predicted octanol–water partition coefficient (Wildman–Crippen LogP) is 7.09. The molecule has 2 aromatic rings. The summed E-state index contributed by atoms with van der Waals surface area (Å²) in [4.78, 5) is 36.1. The van der Waals surface area contributed by atoms with Gasteiger partial charge in [0.05, 0.1) is 17.9 Å². The Morgan fingerprint density at radius 2 is 1.69 bits per heavy atom. The summed E-state index contributed by atoms with van der Waals surface area (Å²) < 4.78 is 53.5. The molecule has 2 saturated carbocycles. The lowest BCUT2D eigenvalue weighted by Gasteiger charge is -2.45. The molecule has 0 N–H and O–H groups in total. The largest absolute Gasteiger partial charge is 0.444 e. The molecule has 0 radical (unpaired) electrons. The number of fused-ring (bicyclic) bond motifs is 3. The van der Waals surface area contributed by atoms with Gasteiger partial charge in [0.2, 0.25) is 0 Å². The van der Waals surface area contributed by atoms with E-state index < -0.39 is 32.5 Å². The number of anilines is 1. The SMILES string of the molecule is CC(C)(C)OC(=O)N(CC1CCC(N2CN(C3CC3)C(=O)c3cnc4c(ccn4COCC[Si](C)(C)C)c32)CC1)CC(F)(F)F. The fraction of sp³-hybridized carbons (Fsp3) is 0.719. The number of amides is 2. The number of carbonyl (C=O) groups excluding carboxylic acids is 2. The van der Waals surface area contributed by atoms with Crippen molar-refractivity contribution >= 4 is 36.8 Å². The van der Waals surface area contributed by atoms with E-state index in [1.807, 2.05) is 21.7 Å². The third-order valence-corrected chi connectivity index (χ3v) is 10.5. The number of alkyl halides is 3. The summed E-state index contributed by atoms with van der Waals surface area (Å²) in [6.45, 7) is 12.1. The van der Waals surface area contributed by atoms with Gasteiger partial charge in [0.15, 0.2) is 0 Å². The standard InChI is InChI=1S/C32H48F3N5O4Si/c1-31(2,3)44-30(42)38(19-32(33,34)35)18-22-7-9-23(10-8-22)39-20-40(24-11-12-24)29(41)26-17-36-28-25(27(26)39)13-14-37(28)21-43-15-16-45(4,5)6/h13-14,17,22-24H,7-12,15-16,18-21H2,1-6H3. The van der Waals surface area contributed by atoms with Gasteiger partial charge in [-0.05, 0) is 77.3 Å². The molecule has 2 aliphatic carbocycles. The van der Waals surface area contributed by atoms with Crippen LogP contribution in [0.3, 0.4) is 0 Å². The molecule has 0 saturated heterocycles. The number of ether oxygens (including phenoxy) is 2. The van der Waals surface area contributed by atoms with Gasteiger partial charge in [-0.3, -0.25) is 9.69 Å². The van der Waals surface area contributed by atoms with Crippen molar-refractivity contribution in [1.29, 1.82) is 0 Å². The topological polar surface area (TPSA) is 80.1 Å². The molecule has 5 rings (SSSR count). The highest BCUT2D eigenvalue weighted by Crippen LogP contribution is 2.42. The zero-order valence-electron chi connectivity index (χ0n) is 27.5. The van der Waals surface area contributed by atoms with E-state index in [2.05, 4.69) is 24.5 Å². The Kier molecular flexibility index (Phi) is 9.52. The van der Waals surface area contributed by atoms with Crippen LogP contribution >= 0.6 is 0 Å². The van der Waals surface area contributed by atoms with Crippen molar-refractivity contribution in [3.8, 4) is 0 Å². The first-order valence-electron chi connectivity index (χ1n) is 16.2. The predicted molar refractivity (Wildman–Crippen MR) is 170 cm³/mol. The van der Waals surface area contributed by atoms with Crippen molar-refractivity contribution in [3.05, 3.63) is 24.0 Å². The van der Waals surface area contributed by atoms with E-state index in [0.717, 1.165) is 53.3 Å². The van der Waals surface area contributed by atoms with E-state index in [-0.39, 0.29) is 30.5 Å². The first-order chi connectivity index (χ1) is 21.0. The minimum absolute atomic E-state index is 0.000859. The molecule has 9 nitrogen and oxygen atoms in total. The summed E-state index contributed by atoms with van der Waals surface area (Å²) in [5.74, 6) is -0.0699. The molecule has 1 aliphatic heterocycles. The third-order valence-electron chi connectivity index (χ3n) is 8.82. The van der Waals surface area contributed by atoms with Gasteiger partial charge < -0.3 is 23.8 Å². The number of rotatable bonds is 10. The molecule has 2 aromatic heterocycles. The van der Waals surface area contributed by atoms with E-state index in [1.54, 1.807) is 27.0 Å². The van der Waals surface area contributed by atoms with Crippen LogP contribution in [-0.2, 0) is 16.2 Å². The monoisotopic (exact) mass is 651 g/mol. The van der Waals surface area contributed by atoms with Crippen molar-refractivity contribution in [2.75, 3.05) is 31.3 Å². The van der Waals surface area contributed by atoms with Crippen LogP contribution in [0.15, 0.2) is 18.5 Å². The van der Waals surface area contributed by atoms with Crippen molar-refractivity contribution < 1.29 is 32.2 Å². The number of pyridine rings is 1. The zero-order chi connectivity index (χ0) is 32.7. The van der Waals surface area contributed by atoms with Crippen LogP contribution in [0.4, 0.5) is 23.7 Å². The van der Waals surface area contributed by atoms with E-state index in [0.29, 0.717) is 38.4 Å². The van der Waals surface area contributed by atoms with Crippen LogP contribution in [0, 0.1) is 5.92 Å². The summed E-state index contributed by atoms with van der Waals surface area (Å²) >= 11 is 0. The average Bonchev–Trinajstić information content (AvgIpc) is 3.68. The molecule has 0 atom stereocenters. The Balaban J connectivity index is 1.33. The lowest BCUT2D eigenvalue weighted by molar-refractivity contribution is -0.146. The second-order valence-corrected chi connectivity index (χ2v) is 20.8. The lowest BCUT2D eigenvalue weighted by Crippen LogP contribution is -2.53. The Labute approximate surface area is 265 Å². The molecule has 3 heterocycles. The first kappa shape index (κ1) is 33.6. The minimum atomic E-state index is -4.51. The summed E-state index contributed by atoms with van der Waals surface area (Å²) in [6.07, 6.45) is 3.02. The maximum atomic E-state index is 13.6. The highest BCUT2D eigenvalue weighted by atomic mass is 28.3. The molecule has 45 heavy (non-hydrogen) atoms. The minimum Gasteiger partial charge on any atom is -0.444 e. The van der Waals surface area contributed by atoms with E-state index in [4.69, 9.17) is 14.5 Å². The second kappa shape index (κ2) is 12.8. The smallest absolute Gasteiger partial charge is 0.410 e. The number of carbonyl (C=O) groups is 2. The summed E-state index contributed by atoms with van der Waals surface area (Å²) in [7, 11) is -1.21. The molecular weight excluding hydrogens is 603 g/mol. The van der Waals surface area contributed by atoms with Crippen molar-refractivity contribution in [2.45, 2.75) is 116 Å². The van der Waals surface area contributed by atoms with Gasteiger partial charge in [0, 0.05) is 51.1 Å². The third kappa shape index (κ3) is 8.52. The molecule has 2 amide bonds. The van der Waals surface area contributed by atoms with E-state index >= 15 is 0 Å². The fourth-order valence-corrected chi connectivity index (χ4v) is 7.11. The highest BCUT2D eigenvalue weighted by molar-refractivity contribution is 6.76. The van der Waals surface area contributed by atoms with Gasteiger partial charge in [-0.15, -0.1) is 0 Å². The number of nitrogens with zero attached hydrogens (tertiary/aromatic N) is 5. The highest BCUT2D eigenvalue weighted by Gasteiger charge is 2.43. The van der Waals surface area contributed by atoms with E-state index in [9.17, 15) is 22.8 Å². The van der Waals surface area contributed by atoms with Gasteiger partial charge in [-0.1, -0.05) is 19.6 Å². The normalized spacial score (nSPS) is 21.3. The van der Waals surface area contributed by atoms with Crippen LogP contribution in [-0.4, -0.2) is 89.7 Å². The summed E-state index contributed by atoms with van der Waals surface area (Å²) in [5, 5.41) is 0.911. The molecule has 0 bridgehead atoms. The maximum absolute atomic E-state index is 13.6. The van der Waals surface area contributed by atoms with E-state index in [1.165, 1.54) is 0 Å². The molecular formula is C32H48F3N5O4Si. The van der Waals surface area contributed by atoms with Crippen molar-refractivity contribution in [1.82, 2.24) is 19.4 Å². The Morgan fingerprint density at radius 3 is 2.29 bits per heavy atom. The van der Waals surface area contributed by atoms with Crippen LogP contribution < -0.4 is 4.90 Å². The number of halogens is 3. The Morgan fingerprint density at radius 1 is 1.04 bits per heavy atom. The van der Waals surface area contributed by atoms with Gasteiger partial charge >= 0.3 is 12.3 Å². The van der Waals surface area contributed by atoms with Crippen LogP contribution in [0.5, 0.6) is 0 Å². The average molecular weight is 652 g/mol. The molecule has 13 heteroatoms. The fourth-order valence-electron chi connectivity index (χ4n) is 6.35. The lowest BCUT2D eigenvalue weighted by atomic mass is 9.84. The molecule has 250 valence electrons. The van der Waals surface area contributed by atoms with Crippen LogP contribution in [0.25, 0.3) is 11.0 Å². The summed E-state index contributed by atoms with van der Waals surface area (Å²) in [6, 6.07) is 3.42. The number of hydrogen-bond donors (Lipinski definition) is 0. The molecule has 0 spiro atoms. The van der Waals surface area contributed by atoms with Crippen LogP contribution in [0.1, 0.15) is 69.7 Å².